The molecule has 148 valence electrons. The first-order valence-corrected chi connectivity index (χ1v) is 9.76. The number of nitrogens with zero attached hydrogens (tertiary/aromatic N) is 1. The summed E-state index contributed by atoms with van der Waals surface area (Å²) in [7, 11) is 0. The van der Waals surface area contributed by atoms with E-state index in [1.54, 1.807) is 6.92 Å². The van der Waals surface area contributed by atoms with Crippen LogP contribution in [-0.4, -0.2) is 43.1 Å². The van der Waals surface area contributed by atoms with Gasteiger partial charge in [0.25, 0.3) is 0 Å². The third-order valence-corrected chi connectivity index (χ3v) is 4.52. The zero-order valence-corrected chi connectivity index (χ0v) is 16.8. The molecule has 1 aromatic carbocycles. The maximum absolute atomic E-state index is 12.8. The van der Waals surface area contributed by atoms with Gasteiger partial charge in [0.1, 0.15) is 0 Å². The monoisotopic (exact) mass is 373 g/mol. The Morgan fingerprint density at radius 3 is 2.30 bits per heavy atom. The lowest BCUT2D eigenvalue weighted by Gasteiger charge is -2.32. The summed E-state index contributed by atoms with van der Waals surface area (Å²) in [5, 5.41) is 5.73. The van der Waals surface area contributed by atoms with E-state index >= 15 is 0 Å². The van der Waals surface area contributed by atoms with Gasteiger partial charge in [0, 0.05) is 12.2 Å². The third kappa shape index (κ3) is 5.57. The molecule has 2 rings (SSSR count). The van der Waals surface area contributed by atoms with Gasteiger partial charge in [-0.1, -0.05) is 43.7 Å². The highest BCUT2D eigenvalue weighted by molar-refractivity contribution is 5.95. The number of ether oxygens (including phenoxy) is 1. The molecule has 1 unspecified atom stereocenters. The van der Waals surface area contributed by atoms with Gasteiger partial charge in [-0.25, -0.2) is 9.59 Å². The highest BCUT2D eigenvalue weighted by atomic mass is 16.5. The van der Waals surface area contributed by atoms with Crippen molar-refractivity contribution in [3.05, 3.63) is 46.7 Å². The van der Waals surface area contributed by atoms with Gasteiger partial charge >= 0.3 is 12.0 Å². The van der Waals surface area contributed by atoms with Crippen LogP contribution in [0.4, 0.5) is 4.79 Å². The molecule has 1 atom stereocenters. The summed E-state index contributed by atoms with van der Waals surface area (Å²) in [5.74, 6) is -0.390. The second-order valence-electron chi connectivity index (χ2n) is 6.83. The third-order valence-electron chi connectivity index (χ3n) is 4.52. The number of hydrogen-bond acceptors (Lipinski definition) is 4. The minimum atomic E-state index is -0.515. The van der Waals surface area contributed by atoms with E-state index in [1.165, 1.54) is 0 Å². The molecule has 0 aromatic heterocycles. The Hall–Kier alpha value is -2.34. The van der Waals surface area contributed by atoms with Crippen molar-refractivity contribution in [3.8, 4) is 0 Å². The Morgan fingerprint density at radius 2 is 1.74 bits per heavy atom. The maximum atomic E-state index is 12.8. The highest BCUT2D eigenvalue weighted by Crippen LogP contribution is 2.28. The molecule has 0 fully saturated rings. The van der Waals surface area contributed by atoms with Crippen molar-refractivity contribution in [2.75, 3.05) is 26.2 Å². The van der Waals surface area contributed by atoms with E-state index in [9.17, 15) is 9.59 Å². The number of esters is 1. The number of carbonyl (C=O) groups is 2. The summed E-state index contributed by atoms with van der Waals surface area (Å²) < 4.78 is 5.32. The molecular formula is C21H31N3O3. The van der Waals surface area contributed by atoms with E-state index in [-0.39, 0.29) is 12.6 Å². The lowest BCUT2D eigenvalue weighted by molar-refractivity contribution is -0.139. The largest absolute Gasteiger partial charge is 0.463 e. The Balaban J connectivity index is 2.45. The lowest BCUT2D eigenvalue weighted by atomic mass is 9.94. The summed E-state index contributed by atoms with van der Waals surface area (Å²) in [6.45, 7) is 10.7. The smallest absolute Gasteiger partial charge is 0.338 e. The molecule has 1 aromatic rings. The van der Waals surface area contributed by atoms with Crippen LogP contribution in [0.1, 0.15) is 50.8 Å². The van der Waals surface area contributed by atoms with Crippen LogP contribution < -0.4 is 10.6 Å². The molecule has 0 saturated carbocycles. The Morgan fingerprint density at radius 1 is 1.11 bits per heavy atom. The Bertz CT molecular complexity index is 676. The first kappa shape index (κ1) is 21.0. The molecule has 1 heterocycles. The molecule has 0 spiro atoms. The number of hydrogen-bond donors (Lipinski definition) is 2. The summed E-state index contributed by atoms with van der Waals surface area (Å²) in [5.41, 5.74) is 3.11. The first-order valence-electron chi connectivity index (χ1n) is 9.76. The van der Waals surface area contributed by atoms with E-state index in [2.05, 4.69) is 29.4 Å². The number of urea groups is 1. The molecule has 1 aliphatic rings. The van der Waals surface area contributed by atoms with Crippen molar-refractivity contribution < 1.29 is 14.3 Å². The van der Waals surface area contributed by atoms with Gasteiger partial charge in [-0.05, 0) is 45.3 Å². The van der Waals surface area contributed by atoms with Crippen LogP contribution in [0.15, 0.2) is 35.5 Å². The van der Waals surface area contributed by atoms with Gasteiger partial charge in [-0.15, -0.1) is 0 Å². The van der Waals surface area contributed by atoms with Crippen molar-refractivity contribution >= 4 is 12.0 Å². The van der Waals surface area contributed by atoms with Crippen molar-refractivity contribution in [2.24, 2.45) is 0 Å². The zero-order valence-electron chi connectivity index (χ0n) is 16.8. The molecule has 0 aliphatic carbocycles. The minimum Gasteiger partial charge on any atom is -0.463 e. The fraction of sp³-hybridized carbons (Fsp3) is 0.524. The van der Waals surface area contributed by atoms with Crippen molar-refractivity contribution in [1.29, 1.82) is 0 Å². The molecule has 2 amide bonds. The number of benzene rings is 1. The molecule has 6 nitrogen and oxygen atoms in total. The van der Waals surface area contributed by atoms with Crippen LogP contribution >= 0.6 is 0 Å². The standard InChI is InChI=1S/C21H31N3O3/c1-5-12-24(13-6-2)14-17-18(20(25)27-7-3)19(23-21(26)22-17)16-10-8-15(4)9-11-16/h8-11,19H,5-7,12-14H2,1-4H3,(H2,22,23,26). The zero-order chi connectivity index (χ0) is 19.8. The van der Waals surface area contributed by atoms with Crippen LogP contribution in [0.2, 0.25) is 0 Å². The Labute approximate surface area is 162 Å². The van der Waals surface area contributed by atoms with Crippen molar-refractivity contribution in [1.82, 2.24) is 15.5 Å². The molecule has 1 aliphatic heterocycles. The second kappa shape index (κ2) is 10.1. The van der Waals surface area contributed by atoms with E-state index in [0.29, 0.717) is 17.8 Å². The van der Waals surface area contributed by atoms with Gasteiger partial charge in [-0.3, -0.25) is 4.90 Å². The van der Waals surface area contributed by atoms with Crippen LogP contribution in [0.5, 0.6) is 0 Å². The van der Waals surface area contributed by atoms with E-state index < -0.39 is 12.0 Å². The summed E-state index contributed by atoms with van der Waals surface area (Å²) in [6, 6.07) is 7.03. The molecular weight excluding hydrogens is 342 g/mol. The van der Waals surface area contributed by atoms with Gasteiger partial charge in [0.2, 0.25) is 0 Å². The van der Waals surface area contributed by atoms with Crippen LogP contribution in [-0.2, 0) is 9.53 Å². The number of nitrogens with one attached hydrogen (secondary N) is 2. The average molecular weight is 373 g/mol. The quantitative estimate of drug-likeness (QED) is 0.652. The van der Waals surface area contributed by atoms with E-state index in [1.807, 2.05) is 31.2 Å². The lowest BCUT2D eigenvalue weighted by Crippen LogP contribution is -2.48. The number of amides is 2. The van der Waals surface area contributed by atoms with Crippen LogP contribution in [0, 0.1) is 6.92 Å². The molecule has 0 radical (unpaired) electrons. The molecule has 0 saturated heterocycles. The fourth-order valence-corrected chi connectivity index (χ4v) is 3.33. The molecule has 0 bridgehead atoms. The van der Waals surface area contributed by atoms with Crippen LogP contribution in [0.25, 0.3) is 0 Å². The highest BCUT2D eigenvalue weighted by Gasteiger charge is 2.34. The summed E-state index contributed by atoms with van der Waals surface area (Å²) >= 11 is 0. The predicted octanol–water partition coefficient (Wildman–Crippen LogP) is 3.29. The normalized spacial score (nSPS) is 16.9. The Kier molecular flexibility index (Phi) is 7.85. The topological polar surface area (TPSA) is 70.7 Å². The van der Waals surface area contributed by atoms with E-state index in [0.717, 1.165) is 37.1 Å². The van der Waals surface area contributed by atoms with Gasteiger partial charge in [0.05, 0.1) is 18.2 Å². The summed E-state index contributed by atoms with van der Waals surface area (Å²) in [6.07, 6.45) is 2.02. The van der Waals surface area contributed by atoms with Gasteiger partial charge in [-0.2, -0.15) is 0 Å². The SMILES string of the molecule is CCCN(CCC)CC1=C(C(=O)OCC)C(c2ccc(C)cc2)NC(=O)N1. The molecule has 6 heteroatoms. The summed E-state index contributed by atoms with van der Waals surface area (Å²) in [4.78, 5) is 27.3. The minimum absolute atomic E-state index is 0.289. The molecule has 27 heavy (non-hydrogen) atoms. The molecule has 2 N–H and O–H groups in total. The predicted molar refractivity (Wildman–Crippen MR) is 106 cm³/mol. The number of carbonyl (C=O) groups excluding carboxylic acids is 2. The van der Waals surface area contributed by atoms with Gasteiger partial charge < -0.3 is 15.4 Å². The second-order valence-corrected chi connectivity index (χ2v) is 6.83. The van der Waals surface area contributed by atoms with Gasteiger partial charge in [0.15, 0.2) is 0 Å². The van der Waals surface area contributed by atoms with Crippen molar-refractivity contribution in [2.45, 2.75) is 46.6 Å². The van der Waals surface area contributed by atoms with E-state index in [4.69, 9.17) is 4.74 Å². The maximum Gasteiger partial charge on any atom is 0.338 e. The number of aryl methyl sites for hydroxylation is 1. The number of rotatable bonds is 9. The fourth-order valence-electron chi connectivity index (χ4n) is 3.33. The van der Waals surface area contributed by atoms with Crippen molar-refractivity contribution in [3.63, 3.8) is 0 Å². The average Bonchev–Trinajstić information content (AvgIpc) is 2.62. The van der Waals surface area contributed by atoms with Crippen LogP contribution in [0.3, 0.4) is 0 Å². The first-order chi connectivity index (χ1) is 13.0.